The molecule has 1 aliphatic rings. The number of hydrogen-bond donors (Lipinski definition) is 0. The molecule has 3 rings (SSSR count). The monoisotopic (exact) mass is 277 g/mol. The van der Waals surface area contributed by atoms with Gasteiger partial charge in [0.1, 0.15) is 12.4 Å². The van der Waals surface area contributed by atoms with Gasteiger partial charge in [-0.3, -0.25) is 0 Å². The number of nitrogens with zero attached hydrogens (tertiary/aromatic N) is 5. The van der Waals surface area contributed by atoms with Crippen LogP contribution in [0.25, 0.3) is 5.65 Å². The Kier molecular flexibility index (Phi) is 3.00. The van der Waals surface area contributed by atoms with Crippen LogP contribution in [-0.4, -0.2) is 36.5 Å². The van der Waals surface area contributed by atoms with E-state index in [0.29, 0.717) is 5.92 Å². The van der Waals surface area contributed by atoms with Gasteiger partial charge in [0.25, 0.3) is 0 Å². The molecule has 0 aliphatic heterocycles. The summed E-state index contributed by atoms with van der Waals surface area (Å²) in [5.74, 6) is 0.0211. The van der Waals surface area contributed by atoms with Crippen LogP contribution in [0.2, 0.25) is 0 Å². The van der Waals surface area contributed by atoms with Crippen LogP contribution < -0.4 is 5.69 Å². The smallest absolute Gasteiger partial charge is 0.361 e. The number of esters is 1. The molecule has 0 saturated heterocycles. The second-order valence-electron chi connectivity index (χ2n) is 5.23. The van der Waals surface area contributed by atoms with Gasteiger partial charge in [-0.2, -0.15) is 4.68 Å². The van der Waals surface area contributed by atoms with Gasteiger partial charge in [0, 0.05) is 7.05 Å². The Morgan fingerprint density at radius 2 is 2.25 bits per heavy atom. The number of ether oxygens (including phenoxy) is 1. The van der Waals surface area contributed by atoms with Crippen LogP contribution in [0.5, 0.6) is 0 Å². The second-order valence-corrected chi connectivity index (χ2v) is 5.23. The predicted molar refractivity (Wildman–Crippen MR) is 68.2 cm³/mol. The van der Waals surface area contributed by atoms with Crippen molar-refractivity contribution in [2.24, 2.45) is 13.0 Å². The van der Waals surface area contributed by atoms with Crippen molar-refractivity contribution in [1.29, 1.82) is 0 Å². The quantitative estimate of drug-likeness (QED) is 0.727. The van der Waals surface area contributed by atoms with Crippen molar-refractivity contribution < 1.29 is 9.53 Å². The molecule has 0 bridgehead atoms. The maximum absolute atomic E-state index is 12.1. The molecular formula is C12H15N5O3. The number of rotatable bonds is 2. The first kappa shape index (κ1) is 12.8. The van der Waals surface area contributed by atoms with Crippen LogP contribution in [0.3, 0.4) is 0 Å². The van der Waals surface area contributed by atoms with Crippen molar-refractivity contribution in [2.45, 2.75) is 32.3 Å². The van der Waals surface area contributed by atoms with E-state index in [1.807, 2.05) is 0 Å². The zero-order valence-corrected chi connectivity index (χ0v) is 11.3. The Labute approximate surface area is 114 Å². The highest BCUT2D eigenvalue weighted by Gasteiger charge is 2.27. The van der Waals surface area contributed by atoms with Gasteiger partial charge < -0.3 is 4.74 Å². The molecule has 0 radical (unpaired) electrons. The van der Waals surface area contributed by atoms with Gasteiger partial charge >= 0.3 is 11.7 Å². The minimum atomic E-state index is -0.547. The molecule has 8 nitrogen and oxygen atoms in total. The van der Waals surface area contributed by atoms with Gasteiger partial charge in [-0.25, -0.2) is 19.0 Å². The van der Waals surface area contributed by atoms with Crippen LogP contribution in [0.4, 0.5) is 0 Å². The van der Waals surface area contributed by atoms with Gasteiger partial charge in [0.2, 0.25) is 0 Å². The molecule has 2 aromatic heterocycles. The van der Waals surface area contributed by atoms with Gasteiger partial charge in [-0.1, -0.05) is 12.1 Å². The first-order chi connectivity index (χ1) is 9.56. The summed E-state index contributed by atoms with van der Waals surface area (Å²) in [5.41, 5.74) is -0.241. The largest absolute Gasteiger partial charge is 0.458 e. The van der Waals surface area contributed by atoms with E-state index in [1.165, 1.54) is 17.8 Å². The Balaban J connectivity index is 1.89. The molecule has 0 N–H and O–H groups in total. The topological polar surface area (TPSA) is 91.4 Å². The zero-order chi connectivity index (χ0) is 14.3. The number of fused-ring (bicyclic) bond motifs is 1. The van der Waals surface area contributed by atoms with Crippen molar-refractivity contribution in [3.05, 3.63) is 22.5 Å². The molecule has 1 saturated carbocycles. The maximum atomic E-state index is 12.1. The molecular weight excluding hydrogens is 262 g/mol. The molecule has 0 amide bonds. The summed E-state index contributed by atoms with van der Waals surface area (Å²) in [6.07, 6.45) is 3.98. The molecule has 20 heavy (non-hydrogen) atoms. The number of aromatic nitrogens is 5. The summed E-state index contributed by atoms with van der Waals surface area (Å²) in [7, 11) is 1.48. The van der Waals surface area contributed by atoms with Gasteiger partial charge in [0.15, 0.2) is 11.3 Å². The van der Waals surface area contributed by atoms with Crippen molar-refractivity contribution in [3.8, 4) is 0 Å². The molecule has 2 unspecified atom stereocenters. The fraction of sp³-hybridized carbons (Fsp3) is 0.583. The third kappa shape index (κ3) is 2.06. The molecule has 2 heterocycles. The Morgan fingerprint density at radius 3 is 2.95 bits per heavy atom. The Hall–Kier alpha value is -2.25. The summed E-state index contributed by atoms with van der Waals surface area (Å²) in [6.45, 7) is 2.13. The van der Waals surface area contributed by atoms with Crippen LogP contribution in [0.15, 0.2) is 11.1 Å². The molecule has 106 valence electrons. The van der Waals surface area contributed by atoms with Gasteiger partial charge in [0.05, 0.1) is 0 Å². The van der Waals surface area contributed by atoms with Crippen LogP contribution >= 0.6 is 0 Å². The van der Waals surface area contributed by atoms with Crippen molar-refractivity contribution in [3.63, 3.8) is 0 Å². The third-order valence-corrected chi connectivity index (χ3v) is 3.61. The predicted octanol–water partition coefficient (Wildman–Crippen LogP) is 0.168. The minimum absolute atomic E-state index is 0.0368. The second kappa shape index (κ2) is 4.69. The number of imidazole rings is 1. The maximum Gasteiger partial charge on any atom is 0.361 e. The van der Waals surface area contributed by atoms with Crippen molar-refractivity contribution in [2.75, 3.05) is 0 Å². The van der Waals surface area contributed by atoms with Crippen LogP contribution in [-0.2, 0) is 11.8 Å². The highest BCUT2D eigenvalue weighted by molar-refractivity contribution is 5.93. The highest BCUT2D eigenvalue weighted by Crippen LogP contribution is 2.27. The summed E-state index contributed by atoms with van der Waals surface area (Å²) in [6, 6.07) is 0. The SMILES string of the molecule is CC1CCC(OC(=O)c2ncn3c(=O)n(C)nnc23)C1. The van der Waals surface area contributed by atoms with E-state index in [2.05, 4.69) is 22.2 Å². The van der Waals surface area contributed by atoms with Crippen LogP contribution in [0.1, 0.15) is 36.7 Å². The summed E-state index contributed by atoms with van der Waals surface area (Å²) in [5, 5.41) is 7.48. The number of carbonyl (C=O) groups excluding carboxylic acids is 1. The summed E-state index contributed by atoms with van der Waals surface area (Å²) < 4.78 is 7.67. The molecule has 0 spiro atoms. The van der Waals surface area contributed by atoms with Crippen LogP contribution in [0, 0.1) is 5.92 Å². The number of carbonyl (C=O) groups is 1. The van der Waals surface area contributed by atoms with Gasteiger partial charge in [-0.15, -0.1) is 5.10 Å². The molecule has 8 heteroatoms. The lowest BCUT2D eigenvalue weighted by Crippen LogP contribution is -2.27. The third-order valence-electron chi connectivity index (χ3n) is 3.61. The Morgan fingerprint density at radius 1 is 1.45 bits per heavy atom. The minimum Gasteiger partial charge on any atom is -0.458 e. The molecule has 2 atom stereocenters. The van der Waals surface area contributed by atoms with E-state index >= 15 is 0 Å². The van der Waals surface area contributed by atoms with E-state index < -0.39 is 11.7 Å². The fourth-order valence-corrected chi connectivity index (χ4v) is 2.49. The lowest BCUT2D eigenvalue weighted by molar-refractivity contribution is 0.0306. The molecule has 1 aliphatic carbocycles. The van der Waals surface area contributed by atoms with E-state index in [1.54, 1.807) is 0 Å². The first-order valence-corrected chi connectivity index (χ1v) is 6.54. The zero-order valence-electron chi connectivity index (χ0n) is 11.3. The Bertz CT molecular complexity index is 719. The van der Waals surface area contributed by atoms with E-state index in [9.17, 15) is 9.59 Å². The van der Waals surface area contributed by atoms with E-state index in [0.717, 1.165) is 23.9 Å². The number of aryl methyl sites for hydroxylation is 1. The first-order valence-electron chi connectivity index (χ1n) is 6.54. The van der Waals surface area contributed by atoms with Crippen molar-refractivity contribution >= 4 is 11.6 Å². The molecule has 1 fully saturated rings. The summed E-state index contributed by atoms with van der Waals surface area (Å²) in [4.78, 5) is 27.8. The highest BCUT2D eigenvalue weighted by atomic mass is 16.5. The average molecular weight is 277 g/mol. The van der Waals surface area contributed by atoms with Crippen molar-refractivity contribution in [1.82, 2.24) is 24.4 Å². The van der Waals surface area contributed by atoms with E-state index in [4.69, 9.17) is 4.74 Å². The number of hydrogen-bond acceptors (Lipinski definition) is 6. The normalized spacial score (nSPS) is 22.3. The molecule has 2 aromatic rings. The lowest BCUT2D eigenvalue weighted by atomic mass is 10.1. The van der Waals surface area contributed by atoms with Gasteiger partial charge in [-0.05, 0) is 25.2 Å². The average Bonchev–Trinajstić information content (AvgIpc) is 3.00. The molecule has 0 aromatic carbocycles. The van der Waals surface area contributed by atoms with E-state index in [-0.39, 0.29) is 17.4 Å². The fourth-order valence-electron chi connectivity index (χ4n) is 2.49. The summed E-state index contributed by atoms with van der Waals surface area (Å²) >= 11 is 0. The lowest BCUT2D eigenvalue weighted by Gasteiger charge is -2.10. The standard InChI is InChI=1S/C12H15N5O3/c1-7-3-4-8(5-7)20-11(18)9-10-14-15-16(2)12(19)17(10)6-13-9/h6-8H,3-5H2,1-2H3.